The van der Waals surface area contributed by atoms with Gasteiger partial charge >= 0.3 is 5.97 Å². The summed E-state index contributed by atoms with van der Waals surface area (Å²) in [6, 6.07) is 11.9. The molecule has 0 aliphatic rings. The molecule has 2 aromatic heterocycles. The highest BCUT2D eigenvalue weighted by atomic mass is 16.5. The Morgan fingerprint density at radius 1 is 1.25 bits per heavy atom. The molecule has 0 amide bonds. The largest absolute Gasteiger partial charge is 0.465 e. The molecule has 1 atom stereocenters. The third-order valence-electron chi connectivity index (χ3n) is 4.14. The Labute approximate surface area is 139 Å². The fourth-order valence-electron chi connectivity index (χ4n) is 2.56. The number of aryl methyl sites for hydroxylation is 1. The predicted octanol–water partition coefficient (Wildman–Crippen LogP) is 2.42. The topological polar surface area (TPSA) is 72.6 Å². The molecule has 7 nitrogen and oxygen atoms in total. The minimum absolute atomic E-state index is 0.0819. The maximum absolute atomic E-state index is 12.1. The minimum atomic E-state index is -0.461. The van der Waals surface area contributed by atoms with Crippen LogP contribution in [-0.4, -0.2) is 39.9 Å². The summed E-state index contributed by atoms with van der Waals surface area (Å²) < 4.78 is 6.43. The number of carbonyl (C=O) groups is 1. The van der Waals surface area contributed by atoms with Crippen LogP contribution in [0.1, 0.15) is 34.7 Å². The van der Waals surface area contributed by atoms with E-state index in [1.807, 2.05) is 30.1 Å². The van der Waals surface area contributed by atoms with Crippen molar-refractivity contribution in [3.63, 3.8) is 0 Å². The van der Waals surface area contributed by atoms with Crippen molar-refractivity contribution in [3.05, 3.63) is 53.3 Å². The summed E-state index contributed by atoms with van der Waals surface area (Å²) in [7, 11) is 3.28. The van der Waals surface area contributed by atoms with Gasteiger partial charge in [0.25, 0.3) is 0 Å². The Kier molecular flexibility index (Phi) is 4.16. The smallest absolute Gasteiger partial charge is 0.341 e. The molecule has 0 unspecified atom stereocenters. The number of hydrogen-bond donors (Lipinski definition) is 0. The van der Waals surface area contributed by atoms with Crippen LogP contribution in [0, 0.1) is 6.92 Å². The van der Waals surface area contributed by atoms with Crippen molar-refractivity contribution in [2.24, 2.45) is 0 Å². The molecule has 0 bridgehead atoms. The van der Waals surface area contributed by atoms with E-state index in [-0.39, 0.29) is 6.04 Å². The molecule has 0 N–H and O–H groups in total. The number of benzene rings is 1. The van der Waals surface area contributed by atoms with Gasteiger partial charge in [-0.3, -0.25) is 0 Å². The van der Waals surface area contributed by atoms with Crippen LogP contribution in [0.2, 0.25) is 0 Å². The lowest BCUT2D eigenvalue weighted by molar-refractivity contribution is 0.0602. The van der Waals surface area contributed by atoms with Crippen LogP contribution < -0.4 is 4.90 Å². The van der Waals surface area contributed by atoms with E-state index in [0.29, 0.717) is 22.9 Å². The molecule has 0 saturated heterocycles. The molecular weight excluding hydrogens is 306 g/mol. The second kappa shape index (κ2) is 6.27. The van der Waals surface area contributed by atoms with Crippen molar-refractivity contribution in [1.82, 2.24) is 19.8 Å². The van der Waals surface area contributed by atoms with E-state index in [2.05, 4.69) is 34.4 Å². The predicted molar refractivity (Wildman–Crippen MR) is 90.1 cm³/mol. The summed E-state index contributed by atoms with van der Waals surface area (Å²) in [4.78, 5) is 14.1. The van der Waals surface area contributed by atoms with Gasteiger partial charge in [0.15, 0.2) is 17.3 Å². The van der Waals surface area contributed by atoms with Crippen LogP contribution in [-0.2, 0) is 4.74 Å². The molecule has 3 aromatic rings. The third-order valence-corrected chi connectivity index (χ3v) is 4.14. The van der Waals surface area contributed by atoms with E-state index in [1.54, 1.807) is 17.5 Å². The highest BCUT2D eigenvalue weighted by Crippen LogP contribution is 2.25. The number of nitrogens with zero attached hydrogens (tertiary/aromatic N) is 5. The van der Waals surface area contributed by atoms with Gasteiger partial charge in [-0.2, -0.15) is 4.52 Å². The van der Waals surface area contributed by atoms with Crippen molar-refractivity contribution >= 4 is 17.4 Å². The highest BCUT2D eigenvalue weighted by molar-refractivity contribution is 5.96. The first kappa shape index (κ1) is 15.9. The zero-order valence-electron chi connectivity index (χ0n) is 14.1. The molecular formula is C17H19N5O2. The quantitative estimate of drug-likeness (QED) is 0.686. The zero-order valence-corrected chi connectivity index (χ0v) is 14.1. The number of anilines is 1. The van der Waals surface area contributed by atoms with Gasteiger partial charge in [-0.15, -0.1) is 15.3 Å². The van der Waals surface area contributed by atoms with Crippen LogP contribution in [0.15, 0.2) is 36.4 Å². The van der Waals surface area contributed by atoms with E-state index in [0.717, 1.165) is 5.56 Å². The van der Waals surface area contributed by atoms with E-state index in [4.69, 9.17) is 4.74 Å². The lowest BCUT2D eigenvalue weighted by atomic mass is 10.1. The number of fused-ring (bicyclic) bond motifs is 1. The number of methoxy groups -OCH3 is 1. The molecule has 7 heteroatoms. The molecule has 0 fully saturated rings. The third kappa shape index (κ3) is 2.68. The second-order valence-electron chi connectivity index (χ2n) is 5.59. The van der Waals surface area contributed by atoms with Gasteiger partial charge in [-0.25, -0.2) is 4.79 Å². The fraction of sp³-hybridized carbons (Fsp3) is 0.294. The summed E-state index contributed by atoms with van der Waals surface area (Å²) in [5, 5.41) is 12.6. The van der Waals surface area contributed by atoms with Crippen LogP contribution >= 0.6 is 0 Å². The molecule has 0 saturated carbocycles. The van der Waals surface area contributed by atoms with Gasteiger partial charge in [0.2, 0.25) is 0 Å². The van der Waals surface area contributed by atoms with E-state index >= 15 is 0 Å². The van der Waals surface area contributed by atoms with Crippen molar-refractivity contribution < 1.29 is 9.53 Å². The SMILES string of the molecule is COC(=O)c1cc(N(C)[C@@H](C)c2ccccc2)nn2c(C)nnc12. The number of hydrogen-bond acceptors (Lipinski definition) is 6. The lowest BCUT2D eigenvalue weighted by Crippen LogP contribution is -2.24. The Balaban J connectivity index is 2.08. The Bertz CT molecular complexity index is 875. The maximum Gasteiger partial charge on any atom is 0.341 e. The van der Waals surface area contributed by atoms with Crippen molar-refractivity contribution in [2.75, 3.05) is 19.1 Å². The standard InChI is InChI=1S/C17H19N5O2/c1-11(13-8-6-5-7-9-13)21(3)15-10-14(17(23)24-4)16-19-18-12(2)22(16)20-15/h5-11H,1-4H3/t11-/m0/s1. The fourth-order valence-corrected chi connectivity index (χ4v) is 2.56. The molecule has 0 spiro atoms. The number of ether oxygens (including phenoxy) is 1. The van der Waals surface area contributed by atoms with Crippen molar-refractivity contribution in [2.45, 2.75) is 19.9 Å². The first-order chi connectivity index (χ1) is 11.5. The van der Waals surface area contributed by atoms with E-state index in [9.17, 15) is 4.79 Å². The first-order valence-electron chi connectivity index (χ1n) is 7.62. The molecule has 0 radical (unpaired) electrons. The average Bonchev–Trinajstić information content (AvgIpc) is 3.01. The van der Waals surface area contributed by atoms with Gasteiger partial charge in [-0.05, 0) is 19.4 Å². The first-order valence-corrected chi connectivity index (χ1v) is 7.62. The van der Waals surface area contributed by atoms with Gasteiger partial charge < -0.3 is 9.64 Å². The van der Waals surface area contributed by atoms with Crippen LogP contribution in [0.4, 0.5) is 5.82 Å². The van der Waals surface area contributed by atoms with Crippen LogP contribution in [0.5, 0.6) is 0 Å². The highest BCUT2D eigenvalue weighted by Gasteiger charge is 2.21. The molecule has 0 aliphatic heterocycles. The number of esters is 1. The molecule has 24 heavy (non-hydrogen) atoms. The summed E-state index contributed by atoms with van der Waals surface area (Å²) in [6.45, 7) is 3.87. The number of aromatic nitrogens is 4. The molecule has 124 valence electrons. The monoisotopic (exact) mass is 325 g/mol. The van der Waals surface area contributed by atoms with Gasteiger partial charge in [0, 0.05) is 13.1 Å². The van der Waals surface area contributed by atoms with Gasteiger partial charge in [0.05, 0.1) is 13.2 Å². The minimum Gasteiger partial charge on any atom is -0.465 e. The average molecular weight is 325 g/mol. The van der Waals surface area contributed by atoms with Gasteiger partial charge in [0.1, 0.15) is 5.56 Å². The number of rotatable bonds is 4. The molecule has 1 aromatic carbocycles. The van der Waals surface area contributed by atoms with Gasteiger partial charge in [-0.1, -0.05) is 30.3 Å². The summed E-state index contributed by atoms with van der Waals surface area (Å²) in [5.41, 5.74) is 1.89. The molecule has 2 heterocycles. The Hall–Kier alpha value is -2.96. The Morgan fingerprint density at radius 2 is 1.96 bits per heavy atom. The number of carbonyl (C=O) groups excluding carboxylic acids is 1. The molecule has 0 aliphatic carbocycles. The van der Waals surface area contributed by atoms with Crippen LogP contribution in [0.25, 0.3) is 5.65 Å². The van der Waals surface area contributed by atoms with E-state index < -0.39 is 5.97 Å². The van der Waals surface area contributed by atoms with Crippen molar-refractivity contribution in [3.8, 4) is 0 Å². The van der Waals surface area contributed by atoms with Crippen molar-refractivity contribution in [1.29, 1.82) is 0 Å². The second-order valence-corrected chi connectivity index (χ2v) is 5.59. The molecule has 3 rings (SSSR count). The lowest BCUT2D eigenvalue weighted by Gasteiger charge is -2.26. The Morgan fingerprint density at radius 3 is 2.62 bits per heavy atom. The normalized spacial score (nSPS) is 12.2. The summed E-state index contributed by atoms with van der Waals surface area (Å²) in [5.74, 6) is 0.789. The van der Waals surface area contributed by atoms with E-state index in [1.165, 1.54) is 7.11 Å². The summed E-state index contributed by atoms with van der Waals surface area (Å²) in [6.07, 6.45) is 0. The van der Waals surface area contributed by atoms with Crippen LogP contribution in [0.3, 0.4) is 0 Å². The summed E-state index contributed by atoms with van der Waals surface area (Å²) >= 11 is 0. The zero-order chi connectivity index (χ0) is 17.3. The maximum atomic E-state index is 12.1.